The summed E-state index contributed by atoms with van der Waals surface area (Å²) in [6.07, 6.45) is 0. The summed E-state index contributed by atoms with van der Waals surface area (Å²) in [6.45, 7) is -0.210. The van der Waals surface area contributed by atoms with Crippen molar-refractivity contribution >= 4 is 122 Å². The maximum absolute atomic E-state index is 7.24. The predicted molar refractivity (Wildman–Crippen MR) is 299 cm³/mol. The summed E-state index contributed by atoms with van der Waals surface area (Å²) in [5, 5.41) is 13.9. The maximum Gasteiger partial charge on any atom is 0.262 e. The van der Waals surface area contributed by atoms with Crippen LogP contribution in [0.5, 0.6) is 23.0 Å². The molecule has 0 radical (unpaired) electrons. The van der Waals surface area contributed by atoms with Crippen LogP contribution in [0.3, 0.4) is 0 Å². The fourth-order valence-corrected chi connectivity index (χ4v) is 11.9. The minimum atomic E-state index is -0.210. The van der Waals surface area contributed by atoms with E-state index in [4.69, 9.17) is 9.47 Å². The average Bonchev–Trinajstić information content (AvgIpc) is 3.43. The Labute approximate surface area is 410 Å². The van der Waals surface area contributed by atoms with E-state index in [1.165, 1.54) is 43.1 Å². The Balaban J connectivity index is 1.01. The molecule has 13 aromatic carbocycles. The summed E-state index contributed by atoms with van der Waals surface area (Å²) in [7, 11) is 0. The Morgan fingerprint density at radius 2 is 0.507 bits per heavy atom. The van der Waals surface area contributed by atoms with Crippen LogP contribution >= 0.6 is 0 Å². The fourth-order valence-electron chi connectivity index (χ4n) is 11.9. The molecule has 0 saturated heterocycles. The van der Waals surface area contributed by atoms with E-state index in [1.54, 1.807) is 0 Å². The zero-order valence-corrected chi connectivity index (χ0v) is 38.5. The van der Waals surface area contributed by atoms with Crippen LogP contribution in [0, 0.1) is 0 Å². The molecule has 0 amide bonds. The molecule has 2 aliphatic rings. The number of hydrogen-bond donors (Lipinski definition) is 0. The van der Waals surface area contributed by atoms with E-state index in [9.17, 15) is 0 Å². The highest BCUT2D eigenvalue weighted by molar-refractivity contribution is 7.01. The molecule has 0 saturated carbocycles. The Hall–Kier alpha value is -9.32. The number of rotatable bonds is 6. The van der Waals surface area contributed by atoms with E-state index in [0.717, 1.165) is 95.1 Å². The first kappa shape index (κ1) is 39.7. The highest BCUT2D eigenvalue weighted by Crippen LogP contribution is 2.50. The molecular weight excluding hydrogens is 864 g/mol. The van der Waals surface area contributed by atoms with Crippen molar-refractivity contribution in [2.75, 3.05) is 9.80 Å². The van der Waals surface area contributed by atoms with Gasteiger partial charge in [-0.25, -0.2) is 0 Å². The molecule has 0 aliphatic carbocycles. The molecule has 0 fully saturated rings. The zero-order valence-electron chi connectivity index (χ0n) is 38.5. The van der Waals surface area contributed by atoms with Gasteiger partial charge in [-0.2, -0.15) is 0 Å². The van der Waals surface area contributed by atoms with Crippen molar-refractivity contribution in [1.29, 1.82) is 0 Å². The van der Waals surface area contributed by atoms with Crippen LogP contribution in [0.25, 0.3) is 64.6 Å². The van der Waals surface area contributed by atoms with Crippen LogP contribution < -0.4 is 35.7 Å². The molecule has 0 atom stereocenters. The van der Waals surface area contributed by atoms with Crippen molar-refractivity contribution in [3.63, 3.8) is 0 Å². The lowest BCUT2D eigenvalue weighted by Crippen LogP contribution is -2.58. The molecule has 2 aliphatic heterocycles. The Kier molecular flexibility index (Phi) is 8.72. The van der Waals surface area contributed by atoms with E-state index in [2.05, 4.69) is 259 Å². The van der Waals surface area contributed by atoms with Crippen LogP contribution in [-0.4, -0.2) is 6.71 Å². The molecule has 0 bridgehead atoms. The molecular formula is C66H41BN2O2. The molecule has 5 heteroatoms. The number of fused-ring (bicyclic) bond motifs is 12. The van der Waals surface area contributed by atoms with E-state index in [0.29, 0.717) is 0 Å². The van der Waals surface area contributed by atoms with E-state index in [-0.39, 0.29) is 6.71 Å². The van der Waals surface area contributed by atoms with Gasteiger partial charge >= 0.3 is 0 Å². The summed E-state index contributed by atoms with van der Waals surface area (Å²) < 4.78 is 14.5. The monoisotopic (exact) mass is 904 g/mol. The van der Waals surface area contributed by atoms with Gasteiger partial charge in [-0.3, -0.25) is 0 Å². The van der Waals surface area contributed by atoms with Gasteiger partial charge in [0.05, 0.1) is 34.1 Å². The SMILES string of the molecule is c1cc2c3c(c1)Oc1cc(N(c4cccc5ccccc45)c4cccc5ccccc45)c4ccccc4c1B3c1c(cc(N(c3cccc4ccccc34)c3cccc4ccccc34)c3ccccc13)O2. The van der Waals surface area contributed by atoms with Gasteiger partial charge in [0, 0.05) is 49.9 Å². The van der Waals surface area contributed by atoms with Crippen molar-refractivity contribution in [2.24, 2.45) is 0 Å². The quantitative estimate of drug-likeness (QED) is 0.155. The molecule has 2 heterocycles. The zero-order chi connectivity index (χ0) is 46.6. The van der Waals surface area contributed by atoms with Gasteiger partial charge in [0.1, 0.15) is 23.0 Å². The van der Waals surface area contributed by atoms with Gasteiger partial charge in [-0.1, -0.05) is 200 Å². The second-order valence-electron chi connectivity index (χ2n) is 18.7. The van der Waals surface area contributed by atoms with Crippen LogP contribution in [0.15, 0.2) is 249 Å². The first-order valence-corrected chi connectivity index (χ1v) is 24.4. The predicted octanol–water partition coefficient (Wildman–Crippen LogP) is 16.3. The van der Waals surface area contributed by atoms with E-state index >= 15 is 0 Å². The third kappa shape index (κ3) is 6.00. The maximum atomic E-state index is 7.24. The van der Waals surface area contributed by atoms with Gasteiger partial charge in [-0.05, 0) is 79.6 Å². The Morgan fingerprint density at radius 3 is 0.859 bits per heavy atom. The van der Waals surface area contributed by atoms with Gasteiger partial charge < -0.3 is 19.3 Å². The minimum absolute atomic E-state index is 0.210. The molecule has 15 rings (SSSR count). The third-order valence-corrected chi connectivity index (χ3v) is 14.9. The molecule has 71 heavy (non-hydrogen) atoms. The second kappa shape index (κ2) is 15.6. The highest BCUT2D eigenvalue weighted by atomic mass is 16.5. The van der Waals surface area contributed by atoms with Crippen LogP contribution in [-0.2, 0) is 0 Å². The normalized spacial score (nSPS) is 12.4. The topological polar surface area (TPSA) is 24.9 Å². The Bertz CT molecular complexity index is 3900. The van der Waals surface area contributed by atoms with Crippen LogP contribution in [0.2, 0.25) is 0 Å². The average molecular weight is 905 g/mol. The van der Waals surface area contributed by atoms with Crippen molar-refractivity contribution in [1.82, 2.24) is 0 Å². The molecule has 0 aromatic heterocycles. The van der Waals surface area contributed by atoms with Crippen molar-refractivity contribution in [3.8, 4) is 23.0 Å². The third-order valence-electron chi connectivity index (χ3n) is 14.9. The minimum Gasteiger partial charge on any atom is -0.458 e. The van der Waals surface area contributed by atoms with Gasteiger partial charge in [-0.15, -0.1) is 0 Å². The summed E-state index contributed by atoms with van der Waals surface area (Å²) in [4.78, 5) is 4.91. The standard InChI is InChI=1S/C66H41BN2O2/c1-5-26-46-42(18-1)22-13-34-54(46)68(55-35-14-23-43-19-2-6-27-47(43)55)58-40-62-64(52-32-11-9-30-50(52)58)67-65-53-33-12-10-31-51(53)59(41-63(65)71-61-39-17-38-60(70-62)66(61)67)69(56-36-15-24-44-20-3-7-28-48(44)56)57-37-16-25-45-21-4-8-29-49(45)57/h1-41H. The molecule has 4 nitrogen and oxygen atoms in total. The van der Waals surface area contributed by atoms with Crippen molar-refractivity contribution < 1.29 is 9.47 Å². The lowest BCUT2D eigenvalue weighted by Gasteiger charge is -2.37. The molecule has 0 unspecified atom stereocenters. The van der Waals surface area contributed by atoms with Gasteiger partial charge in [0.25, 0.3) is 6.71 Å². The van der Waals surface area contributed by atoms with Gasteiger partial charge in [0.2, 0.25) is 0 Å². The number of nitrogens with zero attached hydrogens (tertiary/aromatic N) is 2. The highest BCUT2D eigenvalue weighted by Gasteiger charge is 2.43. The largest absolute Gasteiger partial charge is 0.458 e. The lowest BCUT2D eigenvalue weighted by molar-refractivity contribution is 0.465. The smallest absolute Gasteiger partial charge is 0.262 e. The lowest BCUT2D eigenvalue weighted by atomic mass is 9.33. The van der Waals surface area contributed by atoms with E-state index in [1.807, 2.05) is 0 Å². The van der Waals surface area contributed by atoms with Crippen LogP contribution in [0.1, 0.15) is 0 Å². The van der Waals surface area contributed by atoms with E-state index < -0.39 is 0 Å². The summed E-state index contributed by atoms with van der Waals surface area (Å²) in [5.74, 6) is 3.26. The summed E-state index contributed by atoms with van der Waals surface area (Å²) in [5.41, 5.74) is 9.77. The molecule has 13 aromatic rings. The molecule has 0 N–H and O–H groups in total. The Morgan fingerprint density at radius 1 is 0.225 bits per heavy atom. The number of anilines is 6. The molecule has 330 valence electrons. The fraction of sp³-hybridized carbons (Fsp3) is 0. The second-order valence-corrected chi connectivity index (χ2v) is 18.7. The summed E-state index contributed by atoms with van der Waals surface area (Å²) >= 11 is 0. The molecule has 0 spiro atoms. The van der Waals surface area contributed by atoms with Crippen molar-refractivity contribution in [3.05, 3.63) is 249 Å². The summed E-state index contributed by atoms with van der Waals surface area (Å²) in [6, 6.07) is 89.9. The van der Waals surface area contributed by atoms with Gasteiger partial charge in [0.15, 0.2) is 0 Å². The van der Waals surface area contributed by atoms with Crippen molar-refractivity contribution in [2.45, 2.75) is 0 Å². The number of benzene rings is 13. The van der Waals surface area contributed by atoms with Crippen LogP contribution in [0.4, 0.5) is 34.1 Å². The first-order chi connectivity index (χ1) is 35.2. The first-order valence-electron chi connectivity index (χ1n) is 24.4. The number of hydrogen-bond acceptors (Lipinski definition) is 4. The number of ether oxygens (including phenoxy) is 2.